The van der Waals surface area contributed by atoms with Gasteiger partial charge in [-0.15, -0.1) is 23.5 Å². The van der Waals surface area contributed by atoms with Crippen LogP contribution in [0.15, 0.2) is 58.8 Å². The van der Waals surface area contributed by atoms with Gasteiger partial charge in [-0.3, -0.25) is 9.59 Å². The lowest BCUT2D eigenvalue weighted by molar-refractivity contribution is -0.115. The van der Waals surface area contributed by atoms with E-state index >= 15 is 0 Å². The lowest BCUT2D eigenvalue weighted by Crippen LogP contribution is -2.14. The molecule has 0 unspecified atom stereocenters. The number of carbonyl (C=O) groups is 2. The van der Waals surface area contributed by atoms with Crippen LogP contribution < -0.4 is 5.32 Å². The molecule has 0 saturated heterocycles. The summed E-state index contributed by atoms with van der Waals surface area (Å²) in [7, 11) is 0. The van der Waals surface area contributed by atoms with Crippen molar-refractivity contribution in [3.05, 3.63) is 74.5 Å². The number of thioether (sulfide) groups is 2. The number of rotatable bonds is 5. The van der Waals surface area contributed by atoms with Crippen molar-refractivity contribution >= 4 is 64.1 Å². The molecule has 0 bridgehead atoms. The zero-order valence-corrected chi connectivity index (χ0v) is 16.7. The predicted octanol–water partition coefficient (Wildman–Crippen LogP) is 5.95. The molecule has 0 aromatic heterocycles. The molecule has 0 radical (unpaired) electrons. The quantitative estimate of drug-likeness (QED) is 0.644. The van der Waals surface area contributed by atoms with E-state index < -0.39 is 0 Å². The van der Waals surface area contributed by atoms with E-state index in [0.717, 1.165) is 9.80 Å². The van der Waals surface area contributed by atoms with E-state index in [4.69, 9.17) is 23.2 Å². The van der Waals surface area contributed by atoms with Crippen LogP contribution in [0.5, 0.6) is 0 Å². The number of amides is 1. The van der Waals surface area contributed by atoms with Gasteiger partial charge >= 0.3 is 0 Å². The summed E-state index contributed by atoms with van der Waals surface area (Å²) in [6, 6.07) is 14.5. The van der Waals surface area contributed by atoms with E-state index in [1.54, 1.807) is 42.1 Å². The Morgan fingerprint density at radius 3 is 2.35 bits per heavy atom. The minimum Gasteiger partial charge on any atom is -0.325 e. The van der Waals surface area contributed by atoms with Crippen molar-refractivity contribution in [2.45, 2.75) is 11.7 Å². The van der Waals surface area contributed by atoms with E-state index in [9.17, 15) is 9.59 Å². The fraction of sp³-hybridized carbons (Fsp3) is 0.158. The molecule has 1 heterocycles. The van der Waals surface area contributed by atoms with Gasteiger partial charge in [-0.05, 0) is 42.0 Å². The summed E-state index contributed by atoms with van der Waals surface area (Å²) in [4.78, 5) is 24.2. The highest BCUT2D eigenvalue weighted by molar-refractivity contribution is 8.22. The minimum absolute atomic E-state index is 0.0478. The van der Waals surface area contributed by atoms with Crippen molar-refractivity contribution in [1.82, 2.24) is 0 Å². The average Bonchev–Trinajstić information content (AvgIpc) is 2.62. The molecule has 2 aromatic carbocycles. The molecule has 134 valence electrons. The Balaban J connectivity index is 1.56. The number of hydrogen-bond acceptors (Lipinski definition) is 4. The van der Waals surface area contributed by atoms with E-state index in [2.05, 4.69) is 5.32 Å². The van der Waals surface area contributed by atoms with Crippen molar-refractivity contribution in [3.8, 4) is 0 Å². The maximum atomic E-state index is 12.1. The van der Waals surface area contributed by atoms with Gasteiger partial charge in [0, 0.05) is 37.7 Å². The molecule has 0 fully saturated rings. The molecular formula is C19H15Cl2NO2S2. The Kier molecular flexibility index (Phi) is 6.70. The van der Waals surface area contributed by atoms with E-state index in [1.165, 1.54) is 11.8 Å². The van der Waals surface area contributed by atoms with Gasteiger partial charge < -0.3 is 5.32 Å². The van der Waals surface area contributed by atoms with Gasteiger partial charge in [0.25, 0.3) is 0 Å². The molecule has 1 N–H and O–H groups in total. The largest absolute Gasteiger partial charge is 0.325 e. The summed E-state index contributed by atoms with van der Waals surface area (Å²) in [6.07, 6.45) is 2.07. The summed E-state index contributed by atoms with van der Waals surface area (Å²) >= 11 is 14.7. The molecule has 1 aliphatic rings. The van der Waals surface area contributed by atoms with Crippen molar-refractivity contribution in [2.24, 2.45) is 0 Å². The first-order valence-electron chi connectivity index (χ1n) is 7.84. The monoisotopic (exact) mass is 423 g/mol. The summed E-state index contributed by atoms with van der Waals surface area (Å²) in [5, 5.41) is 4.15. The highest BCUT2D eigenvalue weighted by Crippen LogP contribution is 2.45. The van der Waals surface area contributed by atoms with Crippen LogP contribution in [0.2, 0.25) is 10.0 Å². The Hall–Kier alpha value is -1.40. The van der Waals surface area contributed by atoms with Gasteiger partial charge in [-0.25, -0.2) is 0 Å². The molecule has 2 aromatic rings. The maximum absolute atomic E-state index is 12.1. The Labute approximate surface area is 170 Å². The number of halogens is 2. The molecule has 3 nitrogen and oxygen atoms in total. The Bertz CT molecular complexity index is 836. The zero-order chi connectivity index (χ0) is 18.5. The first kappa shape index (κ1) is 19.4. The topological polar surface area (TPSA) is 46.2 Å². The number of anilines is 1. The second-order valence-corrected chi connectivity index (χ2v) is 9.03. The van der Waals surface area contributed by atoms with Crippen molar-refractivity contribution in [2.75, 3.05) is 11.1 Å². The molecule has 1 amide bonds. The number of ketones is 1. The summed E-state index contributed by atoms with van der Waals surface area (Å²) in [5.41, 5.74) is 1.75. The van der Waals surface area contributed by atoms with Crippen LogP contribution in [0.3, 0.4) is 0 Å². The number of benzene rings is 2. The first-order chi connectivity index (χ1) is 12.5. The second kappa shape index (κ2) is 9.00. The fourth-order valence-electron chi connectivity index (χ4n) is 2.39. The van der Waals surface area contributed by atoms with E-state index in [0.29, 0.717) is 22.2 Å². The first-order valence-corrected chi connectivity index (χ1v) is 10.5. The second-order valence-electron chi connectivity index (χ2n) is 5.64. The Morgan fingerprint density at radius 2 is 1.69 bits per heavy atom. The van der Waals surface area contributed by atoms with E-state index in [-0.39, 0.29) is 22.7 Å². The van der Waals surface area contributed by atoms with Crippen molar-refractivity contribution in [3.63, 3.8) is 0 Å². The highest BCUT2D eigenvalue weighted by Gasteiger charge is 2.23. The molecule has 1 atom stereocenters. The third kappa shape index (κ3) is 5.55. The van der Waals surface area contributed by atoms with Crippen LogP contribution in [0.25, 0.3) is 0 Å². The van der Waals surface area contributed by atoms with Gasteiger partial charge in [0.1, 0.15) is 0 Å². The number of carbonyl (C=O) groups excluding carboxylic acids is 2. The molecule has 0 aliphatic carbocycles. The lowest BCUT2D eigenvalue weighted by atomic mass is 10.1. The minimum atomic E-state index is -0.125. The molecule has 0 spiro atoms. The third-order valence-electron chi connectivity index (χ3n) is 3.64. The normalized spacial score (nSPS) is 16.9. The van der Waals surface area contributed by atoms with Crippen LogP contribution in [0.1, 0.15) is 17.2 Å². The number of allylic oxidation sites excluding steroid dienone is 1. The number of hydrogen-bond donors (Lipinski definition) is 1. The molecule has 3 rings (SSSR count). The van der Waals surface area contributed by atoms with Crippen LogP contribution in [0.4, 0.5) is 5.69 Å². The van der Waals surface area contributed by atoms with Gasteiger partial charge in [0.2, 0.25) is 5.91 Å². The standard InChI is InChI=1S/C19H15Cl2NO2S2/c20-13-3-1-12(2-4-13)17-9-16(23)10-19(26-17)25-11-18(24)22-15-7-5-14(21)6-8-15/h1-8,10,17H,9,11H2,(H,22,24)/t17-/m1/s1. The molecule has 1 aliphatic heterocycles. The van der Waals surface area contributed by atoms with Crippen molar-refractivity contribution in [1.29, 1.82) is 0 Å². The predicted molar refractivity (Wildman–Crippen MR) is 112 cm³/mol. The van der Waals surface area contributed by atoms with Gasteiger partial charge in [-0.2, -0.15) is 0 Å². The smallest absolute Gasteiger partial charge is 0.234 e. The summed E-state index contributed by atoms with van der Waals surface area (Å²) in [6.45, 7) is 0. The average molecular weight is 424 g/mol. The van der Waals surface area contributed by atoms with Crippen LogP contribution in [0, 0.1) is 0 Å². The highest BCUT2D eigenvalue weighted by atomic mass is 35.5. The maximum Gasteiger partial charge on any atom is 0.234 e. The summed E-state index contributed by atoms with van der Waals surface area (Å²) in [5.74, 6) is 0.187. The molecule has 7 heteroatoms. The van der Waals surface area contributed by atoms with Crippen LogP contribution >= 0.6 is 46.7 Å². The number of nitrogens with one attached hydrogen (secondary N) is 1. The zero-order valence-electron chi connectivity index (χ0n) is 13.6. The van der Waals surface area contributed by atoms with Gasteiger partial charge in [0.15, 0.2) is 5.78 Å². The molecule has 0 saturated carbocycles. The lowest BCUT2D eigenvalue weighted by Gasteiger charge is -2.21. The van der Waals surface area contributed by atoms with Gasteiger partial charge in [-0.1, -0.05) is 35.3 Å². The fourth-order valence-corrected chi connectivity index (χ4v) is 5.03. The SMILES string of the molecule is O=C1C=C(SCC(=O)Nc2ccc(Cl)cc2)S[C@@H](c2ccc(Cl)cc2)C1. The van der Waals surface area contributed by atoms with Gasteiger partial charge in [0.05, 0.1) is 5.75 Å². The van der Waals surface area contributed by atoms with Crippen molar-refractivity contribution < 1.29 is 9.59 Å². The van der Waals surface area contributed by atoms with Crippen LogP contribution in [-0.4, -0.2) is 17.4 Å². The third-order valence-corrected chi connectivity index (χ3v) is 6.67. The molecular weight excluding hydrogens is 409 g/mol. The molecule has 26 heavy (non-hydrogen) atoms. The van der Waals surface area contributed by atoms with Crippen LogP contribution in [-0.2, 0) is 9.59 Å². The van der Waals surface area contributed by atoms with E-state index in [1.807, 2.05) is 24.3 Å². The Morgan fingerprint density at radius 1 is 1.08 bits per heavy atom. The summed E-state index contributed by atoms with van der Waals surface area (Å²) < 4.78 is 0.854.